The van der Waals surface area contributed by atoms with E-state index in [0.29, 0.717) is 23.0 Å². The Balaban J connectivity index is 0.000000128. The summed E-state index contributed by atoms with van der Waals surface area (Å²) < 4.78 is 0. The molecule has 6 heteroatoms. The van der Waals surface area contributed by atoms with E-state index in [1.807, 2.05) is 24.3 Å². The summed E-state index contributed by atoms with van der Waals surface area (Å²) in [4.78, 5) is 49.6. The van der Waals surface area contributed by atoms with Crippen LogP contribution in [0.15, 0.2) is 48.6 Å². The van der Waals surface area contributed by atoms with Gasteiger partial charge in [0.25, 0.3) is 11.8 Å². The SMILES string of the molecule is CN1C(=O)C2C3C=CC(C3)C2C1=O.CN1C(=O)c2cccc3cccc(c23)C1=O. The van der Waals surface area contributed by atoms with Crippen LogP contribution in [0.2, 0.25) is 0 Å². The molecule has 2 aromatic carbocycles. The molecule has 2 aromatic rings. The fraction of sp³-hybridized carbons (Fsp3) is 0.304. The summed E-state index contributed by atoms with van der Waals surface area (Å²) in [5.41, 5.74) is 1.21. The van der Waals surface area contributed by atoms with Crippen molar-refractivity contribution in [3.05, 3.63) is 59.7 Å². The maximum atomic E-state index is 11.9. The average Bonchev–Trinajstić information content (AvgIpc) is 3.41. The van der Waals surface area contributed by atoms with Crippen LogP contribution in [-0.4, -0.2) is 47.5 Å². The van der Waals surface area contributed by atoms with Crippen LogP contribution in [-0.2, 0) is 9.59 Å². The molecule has 0 radical (unpaired) electrons. The maximum absolute atomic E-state index is 11.9. The number of carbonyl (C=O) groups excluding carboxylic acids is 4. The van der Waals surface area contributed by atoms with E-state index in [1.165, 1.54) is 11.9 Å². The van der Waals surface area contributed by atoms with Crippen LogP contribution in [0.4, 0.5) is 0 Å². The molecule has 2 bridgehead atoms. The molecule has 0 N–H and O–H groups in total. The number of carbonyl (C=O) groups is 4. The van der Waals surface area contributed by atoms with E-state index in [-0.39, 0.29) is 35.5 Å². The average molecular weight is 388 g/mol. The van der Waals surface area contributed by atoms with Gasteiger partial charge in [-0.3, -0.25) is 29.0 Å². The van der Waals surface area contributed by atoms with Crippen molar-refractivity contribution in [3.8, 4) is 0 Å². The van der Waals surface area contributed by atoms with Crippen LogP contribution in [0.5, 0.6) is 0 Å². The Labute approximate surface area is 167 Å². The van der Waals surface area contributed by atoms with E-state index in [0.717, 1.165) is 22.1 Å². The lowest BCUT2D eigenvalue weighted by atomic mass is 9.85. The summed E-state index contributed by atoms with van der Waals surface area (Å²) in [6.45, 7) is 0. The number of rotatable bonds is 0. The van der Waals surface area contributed by atoms with Gasteiger partial charge >= 0.3 is 0 Å². The third-order valence-corrected chi connectivity index (χ3v) is 6.67. The first kappa shape index (κ1) is 17.8. The van der Waals surface area contributed by atoms with E-state index in [4.69, 9.17) is 0 Å². The van der Waals surface area contributed by atoms with E-state index in [2.05, 4.69) is 12.2 Å². The summed E-state index contributed by atoms with van der Waals surface area (Å²) in [6, 6.07) is 11.0. The normalized spacial score (nSPS) is 28.9. The molecule has 4 unspecified atom stereocenters. The first-order valence-electron chi connectivity index (χ1n) is 9.74. The topological polar surface area (TPSA) is 74.8 Å². The Morgan fingerprint density at radius 3 is 1.69 bits per heavy atom. The molecule has 6 nitrogen and oxygen atoms in total. The predicted octanol–water partition coefficient (Wildman–Crippen LogP) is 2.49. The highest BCUT2D eigenvalue weighted by atomic mass is 16.2. The van der Waals surface area contributed by atoms with E-state index in [1.54, 1.807) is 19.2 Å². The molecule has 4 atom stereocenters. The molecule has 6 rings (SSSR count). The molecule has 2 fully saturated rings. The predicted molar refractivity (Wildman–Crippen MR) is 106 cm³/mol. The van der Waals surface area contributed by atoms with Gasteiger partial charge < -0.3 is 0 Å². The molecule has 2 heterocycles. The van der Waals surface area contributed by atoms with Crippen LogP contribution in [0, 0.1) is 23.7 Å². The maximum Gasteiger partial charge on any atom is 0.261 e. The molecule has 0 spiro atoms. The number of benzene rings is 2. The number of imide groups is 2. The second kappa shape index (κ2) is 6.11. The fourth-order valence-corrected chi connectivity index (χ4v) is 5.20. The minimum atomic E-state index is -0.228. The minimum absolute atomic E-state index is 0.0208. The van der Waals surface area contributed by atoms with Gasteiger partial charge in [0, 0.05) is 30.6 Å². The summed E-state index contributed by atoms with van der Waals surface area (Å²) in [6.07, 6.45) is 5.23. The van der Waals surface area contributed by atoms with Crippen LogP contribution in [0.1, 0.15) is 27.1 Å². The van der Waals surface area contributed by atoms with Gasteiger partial charge in [-0.05, 0) is 35.8 Å². The lowest BCUT2D eigenvalue weighted by Crippen LogP contribution is -2.36. The van der Waals surface area contributed by atoms with Crippen molar-refractivity contribution in [1.82, 2.24) is 9.80 Å². The van der Waals surface area contributed by atoms with Gasteiger partial charge in [-0.15, -0.1) is 0 Å². The molecule has 0 aromatic heterocycles. The van der Waals surface area contributed by atoms with Gasteiger partial charge in [-0.1, -0.05) is 36.4 Å². The minimum Gasteiger partial charge on any atom is -0.285 e. The smallest absolute Gasteiger partial charge is 0.261 e. The summed E-state index contributed by atoms with van der Waals surface area (Å²) in [7, 11) is 3.11. The van der Waals surface area contributed by atoms with Crippen molar-refractivity contribution < 1.29 is 19.2 Å². The van der Waals surface area contributed by atoms with E-state index >= 15 is 0 Å². The zero-order valence-electron chi connectivity index (χ0n) is 16.2. The lowest BCUT2D eigenvalue weighted by Gasteiger charge is -2.23. The number of likely N-dealkylation sites (tertiary alicyclic amines) is 1. The van der Waals surface area contributed by atoms with Gasteiger partial charge in [-0.2, -0.15) is 0 Å². The number of amides is 4. The third-order valence-electron chi connectivity index (χ3n) is 6.67. The van der Waals surface area contributed by atoms with Crippen LogP contribution in [0.3, 0.4) is 0 Å². The number of hydrogen-bond donors (Lipinski definition) is 0. The molecule has 146 valence electrons. The molecule has 2 aliphatic carbocycles. The molecule has 1 saturated heterocycles. The monoisotopic (exact) mass is 388 g/mol. The molecule has 4 amide bonds. The van der Waals surface area contributed by atoms with Crippen LogP contribution >= 0.6 is 0 Å². The Bertz CT molecular complexity index is 1050. The molecule has 1 saturated carbocycles. The second-order valence-electron chi connectivity index (χ2n) is 8.11. The first-order valence-corrected chi connectivity index (χ1v) is 9.74. The Hall–Kier alpha value is -3.28. The highest BCUT2D eigenvalue weighted by Crippen LogP contribution is 2.52. The summed E-state index contributed by atoms with van der Waals surface area (Å²) in [5, 5.41) is 1.71. The van der Waals surface area contributed by atoms with Crippen LogP contribution < -0.4 is 0 Å². The lowest BCUT2D eigenvalue weighted by molar-refractivity contribution is -0.138. The zero-order chi connectivity index (χ0) is 20.4. The number of allylic oxidation sites excluding steroid dienone is 2. The first-order chi connectivity index (χ1) is 13.9. The van der Waals surface area contributed by atoms with Crippen molar-refractivity contribution in [2.45, 2.75) is 6.42 Å². The molecular weight excluding hydrogens is 368 g/mol. The van der Waals surface area contributed by atoms with Gasteiger partial charge in [0.05, 0.1) is 11.8 Å². The molecular formula is C23H20N2O4. The quantitative estimate of drug-likeness (QED) is 0.513. The van der Waals surface area contributed by atoms with E-state index < -0.39 is 0 Å². The standard InChI is InChI=1S/C13H9NO2.C10H11NO2/c1-14-12(15)9-6-2-4-8-5-3-7-10(11(8)9)13(14)16;1-11-9(12)7-5-2-3-6(4-5)8(7)10(11)13/h2-7H,1H3;2-3,5-8H,4H2,1H3. The summed E-state index contributed by atoms with van der Waals surface area (Å²) in [5.74, 6) is 0.259. The van der Waals surface area contributed by atoms with Crippen molar-refractivity contribution in [2.24, 2.45) is 23.7 Å². The van der Waals surface area contributed by atoms with Crippen molar-refractivity contribution in [2.75, 3.05) is 14.1 Å². The highest BCUT2D eigenvalue weighted by Gasteiger charge is 2.58. The third kappa shape index (κ3) is 2.35. The molecule has 2 aliphatic heterocycles. The second-order valence-corrected chi connectivity index (χ2v) is 8.11. The van der Waals surface area contributed by atoms with Gasteiger partial charge in [0.2, 0.25) is 11.8 Å². The number of nitrogens with zero attached hydrogens (tertiary/aromatic N) is 2. The van der Waals surface area contributed by atoms with Crippen LogP contribution in [0.25, 0.3) is 10.8 Å². The highest BCUT2D eigenvalue weighted by molar-refractivity contribution is 6.25. The number of hydrogen-bond acceptors (Lipinski definition) is 4. The van der Waals surface area contributed by atoms with Crippen molar-refractivity contribution in [3.63, 3.8) is 0 Å². The zero-order valence-corrected chi connectivity index (χ0v) is 16.2. The van der Waals surface area contributed by atoms with Gasteiger partial charge in [0.15, 0.2) is 0 Å². The van der Waals surface area contributed by atoms with E-state index in [9.17, 15) is 19.2 Å². The van der Waals surface area contributed by atoms with Crippen molar-refractivity contribution >= 4 is 34.4 Å². The Morgan fingerprint density at radius 1 is 0.724 bits per heavy atom. The number of fused-ring (bicyclic) bond motifs is 5. The van der Waals surface area contributed by atoms with Gasteiger partial charge in [-0.25, -0.2) is 0 Å². The molecule has 4 aliphatic rings. The fourth-order valence-electron chi connectivity index (χ4n) is 5.20. The van der Waals surface area contributed by atoms with Crippen molar-refractivity contribution in [1.29, 1.82) is 0 Å². The largest absolute Gasteiger partial charge is 0.285 e. The Morgan fingerprint density at radius 2 is 1.21 bits per heavy atom. The Kier molecular flexibility index (Phi) is 3.75. The molecule has 29 heavy (non-hydrogen) atoms. The van der Waals surface area contributed by atoms with Gasteiger partial charge in [0.1, 0.15) is 0 Å². The summed E-state index contributed by atoms with van der Waals surface area (Å²) >= 11 is 0.